The summed E-state index contributed by atoms with van der Waals surface area (Å²) in [4.78, 5) is 23.4. The lowest BCUT2D eigenvalue weighted by molar-refractivity contribution is -0.120. The van der Waals surface area contributed by atoms with E-state index in [1.165, 1.54) is 7.11 Å². The van der Waals surface area contributed by atoms with Crippen molar-refractivity contribution >= 4 is 11.9 Å². The van der Waals surface area contributed by atoms with Crippen LogP contribution in [0.5, 0.6) is 5.75 Å². The van der Waals surface area contributed by atoms with Crippen LogP contribution in [0.3, 0.4) is 0 Å². The average Bonchev–Trinajstić information content (AvgIpc) is 2.61. The topological polar surface area (TPSA) is 64.6 Å². The first kappa shape index (κ1) is 17.5. The summed E-state index contributed by atoms with van der Waals surface area (Å²) < 4.78 is 9.92. The zero-order chi connectivity index (χ0) is 17.5. The van der Waals surface area contributed by atoms with Crippen LogP contribution in [0.25, 0.3) is 0 Å². The van der Waals surface area contributed by atoms with Gasteiger partial charge in [-0.25, -0.2) is 4.79 Å². The minimum atomic E-state index is -0.376. The number of esters is 1. The summed E-state index contributed by atoms with van der Waals surface area (Å²) in [5.74, 6) is 0.329. The van der Waals surface area contributed by atoms with Crippen molar-refractivity contribution in [3.63, 3.8) is 0 Å². The molecule has 1 amide bonds. The fourth-order valence-corrected chi connectivity index (χ4v) is 2.30. The highest BCUT2D eigenvalue weighted by Gasteiger charge is 2.07. The predicted octanol–water partition coefficient (Wildman–Crippen LogP) is 2.65. The monoisotopic (exact) mass is 327 g/mol. The van der Waals surface area contributed by atoms with Crippen molar-refractivity contribution in [3.05, 3.63) is 64.7 Å². The van der Waals surface area contributed by atoms with Gasteiger partial charge in [-0.1, -0.05) is 24.3 Å². The molecule has 0 bridgehead atoms. The number of carbonyl (C=O) groups is 2. The molecule has 126 valence electrons. The first-order valence-corrected chi connectivity index (χ1v) is 7.61. The molecule has 0 atom stereocenters. The van der Waals surface area contributed by atoms with E-state index >= 15 is 0 Å². The van der Waals surface area contributed by atoms with E-state index in [9.17, 15) is 9.59 Å². The van der Waals surface area contributed by atoms with Gasteiger partial charge in [0, 0.05) is 6.54 Å². The smallest absolute Gasteiger partial charge is 0.337 e. The van der Waals surface area contributed by atoms with Gasteiger partial charge in [-0.3, -0.25) is 4.79 Å². The van der Waals surface area contributed by atoms with Crippen LogP contribution in [0.2, 0.25) is 0 Å². The quantitative estimate of drug-likeness (QED) is 0.829. The van der Waals surface area contributed by atoms with Crippen LogP contribution in [0.15, 0.2) is 42.5 Å². The number of hydrogen-bond donors (Lipinski definition) is 1. The lowest BCUT2D eigenvalue weighted by atomic mass is 10.1. The molecule has 0 aliphatic rings. The van der Waals surface area contributed by atoms with Crippen molar-refractivity contribution in [1.82, 2.24) is 5.32 Å². The molecule has 2 aromatic rings. The van der Waals surface area contributed by atoms with Crippen LogP contribution in [0.4, 0.5) is 0 Å². The molecule has 0 radical (unpaired) electrons. The Morgan fingerprint density at radius 2 is 1.67 bits per heavy atom. The Morgan fingerprint density at radius 1 is 1.00 bits per heavy atom. The van der Waals surface area contributed by atoms with E-state index in [2.05, 4.69) is 10.1 Å². The van der Waals surface area contributed by atoms with Gasteiger partial charge in [0.15, 0.2) is 0 Å². The molecule has 0 spiro atoms. The summed E-state index contributed by atoms with van der Waals surface area (Å²) in [7, 11) is 2.96. The van der Waals surface area contributed by atoms with Crippen LogP contribution >= 0.6 is 0 Å². The van der Waals surface area contributed by atoms with Crippen molar-refractivity contribution in [1.29, 1.82) is 0 Å². The maximum Gasteiger partial charge on any atom is 0.337 e. The normalized spacial score (nSPS) is 10.1. The Balaban J connectivity index is 1.90. The van der Waals surface area contributed by atoms with Crippen molar-refractivity contribution in [3.8, 4) is 5.75 Å². The van der Waals surface area contributed by atoms with Crippen LogP contribution in [0, 0.1) is 6.92 Å². The third-order valence-corrected chi connectivity index (χ3v) is 3.70. The number of aryl methyl sites for hydroxylation is 1. The maximum absolute atomic E-state index is 12.1. The van der Waals surface area contributed by atoms with Crippen molar-refractivity contribution < 1.29 is 19.1 Å². The number of nitrogens with one attached hydrogen (secondary N) is 1. The summed E-state index contributed by atoms with van der Waals surface area (Å²) in [6, 6.07) is 12.7. The molecule has 0 aliphatic carbocycles. The summed E-state index contributed by atoms with van der Waals surface area (Å²) in [6.07, 6.45) is 0.289. The number of ether oxygens (including phenoxy) is 2. The second kappa shape index (κ2) is 8.15. The van der Waals surface area contributed by atoms with Gasteiger partial charge in [0.25, 0.3) is 0 Å². The van der Waals surface area contributed by atoms with Crippen LogP contribution < -0.4 is 10.1 Å². The van der Waals surface area contributed by atoms with E-state index in [0.29, 0.717) is 12.1 Å². The van der Waals surface area contributed by atoms with Gasteiger partial charge in [0.1, 0.15) is 5.75 Å². The lowest BCUT2D eigenvalue weighted by Gasteiger charge is -2.09. The molecule has 0 unspecified atom stereocenters. The molecule has 2 rings (SSSR count). The molecule has 24 heavy (non-hydrogen) atoms. The SMILES string of the molecule is COC(=O)c1ccc(CNC(=O)Cc2ccc(C)c(OC)c2)cc1. The highest BCUT2D eigenvalue weighted by Crippen LogP contribution is 2.19. The molecule has 5 heteroatoms. The number of rotatable bonds is 6. The summed E-state index contributed by atoms with van der Waals surface area (Å²) >= 11 is 0. The standard InChI is InChI=1S/C19H21NO4/c1-13-4-5-15(10-17(13)23-2)11-18(21)20-12-14-6-8-16(9-7-14)19(22)24-3/h4-10H,11-12H2,1-3H3,(H,20,21). The molecule has 0 saturated heterocycles. The third-order valence-electron chi connectivity index (χ3n) is 3.70. The van der Waals surface area contributed by atoms with Crippen LogP contribution in [-0.2, 0) is 22.5 Å². The van der Waals surface area contributed by atoms with Gasteiger partial charge in [-0.15, -0.1) is 0 Å². The number of benzene rings is 2. The maximum atomic E-state index is 12.1. The van der Waals surface area contributed by atoms with Gasteiger partial charge in [0.05, 0.1) is 26.2 Å². The Morgan fingerprint density at radius 3 is 2.29 bits per heavy atom. The highest BCUT2D eigenvalue weighted by molar-refractivity contribution is 5.89. The van der Waals surface area contributed by atoms with Crippen molar-refractivity contribution in [2.24, 2.45) is 0 Å². The van der Waals surface area contributed by atoms with E-state index < -0.39 is 0 Å². The predicted molar refractivity (Wildman–Crippen MR) is 91.1 cm³/mol. The van der Waals surface area contributed by atoms with Gasteiger partial charge < -0.3 is 14.8 Å². The van der Waals surface area contributed by atoms with Crippen molar-refractivity contribution in [2.45, 2.75) is 19.9 Å². The van der Waals surface area contributed by atoms with Crippen molar-refractivity contribution in [2.75, 3.05) is 14.2 Å². The lowest BCUT2D eigenvalue weighted by Crippen LogP contribution is -2.24. The second-order valence-electron chi connectivity index (χ2n) is 5.45. The average molecular weight is 327 g/mol. The Hall–Kier alpha value is -2.82. The van der Waals surface area contributed by atoms with E-state index in [4.69, 9.17) is 4.74 Å². The molecule has 0 aromatic heterocycles. The zero-order valence-corrected chi connectivity index (χ0v) is 14.1. The first-order chi connectivity index (χ1) is 11.5. The van der Waals surface area contributed by atoms with Gasteiger partial charge in [-0.2, -0.15) is 0 Å². The Kier molecular flexibility index (Phi) is 5.95. The van der Waals surface area contributed by atoms with E-state index in [1.54, 1.807) is 31.4 Å². The minimum absolute atomic E-state index is 0.0713. The summed E-state index contributed by atoms with van der Waals surface area (Å²) in [5, 5.41) is 2.87. The largest absolute Gasteiger partial charge is 0.496 e. The molecular formula is C19H21NO4. The third kappa shape index (κ3) is 4.59. The van der Waals surface area contributed by atoms with Crippen LogP contribution in [0.1, 0.15) is 27.0 Å². The molecular weight excluding hydrogens is 306 g/mol. The minimum Gasteiger partial charge on any atom is -0.496 e. The summed E-state index contributed by atoms with van der Waals surface area (Å²) in [5.41, 5.74) is 3.33. The zero-order valence-electron chi connectivity index (χ0n) is 14.1. The Labute approximate surface area is 141 Å². The fourth-order valence-electron chi connectivity index (χ4n) is 2.30. The van der Waals surface area contributed by atoms with Gasteiger partial charge in [-0.05, 0) is 41.8 Å². The van der Waals surface area contributed by atoms with E-state index in [1.807, 2.05) is 25.1 Å². The first-order valence-electron chi connectivity index (χ1n) is 7.61. The number of hydrogen-bond acceptors (Lipinski definition) is 4. The van der Waals surface area contributed by atoms with E-state index in [-0.39, 0.29) is 18.3 Å². The molecule has 1 N–H and O–H groups in total. The number of methoxy groups -OCH3 is 2. The molecule has 0 saturated carbocycles. The Bertz CT molecular complexity index is 723. The van der Waals surface area contributed by atoms with Gasteiger partial charge >= 0.3 is 5.97 Å². The fraction of sp³-hybridized carbons (Fsp3) is 0.263. The van der Waals surface area contributed by atoms with Gasteiger partial charge in [0.2, 0.25) is 5.91 Å². The van der Waals surface area contributed by atoms with Crippen LogP contribution in [-0.4, -0.2) is 26.1 Å². The highest BCUT2D eigenvalue weighted by atomic mass is 16.5. The van der Waals surface area contributed by atoms with E-state index in [0.717, 1.165) is 22.4 Å². The number of amides is 1. The molecule has 0 fully saturated rings. The molecule has 0 aliphatic heterocycles. The number of carbonyl (C=O) groups excluding carboxylic acids is 2. The molecule has 2 aromatic carbocycles. The summed E-state index contributed by atoms with van der Waals surface area (Å²) in [6.45, 7) is 2.37. The second-order valence-corrected chi connectivity index (χ2v) is 5.45. The molecule has 5 nitrogen and oxygen atoms in total. The molecule has 0 heterocycles.